The summed E-state index contributed by atoms with van der Waals surface area (Å²) in [5, 5.41) is 12.7. The number of likely N-dealkylation sites (N-methyl/N-ethyl adjacent to an activating group) is 2. The number of aromatic hydroxyl groups is 1. The van der Waals surface area contributed by atoms with Crippen molar-refractivity contribution in [3.05, 3.63) is 23.8 Å². The number of methoxy groups -OCH3 is 1. The Bertz CT molecular complexity index is 329. The highest BCUT2D eigenvalue weighted by Crippen LogP contribution is 2.26. The van der Waals surface area contributed by atoms with Crippen molar-refractivity contribution in [2.45, 2.75) is 6.54 Å². The Hall–Kier alpha value is -1.26. The molecule has 90 valence electrons. The third-order valence-electron chi connectivity index (χ3n) is 2.44. The average Bonchev–Trinajstić information content (AvgIpc) is 2.26. The van der Waals surface area contributed by atoms with Gasteiger partial charge in [0.2, 0.25) is 0 Å². The van der Waals surface area contributed by atoms with Gasteiger partial charge in [-0.1, -0.05) is 6.07 Å². The highest BCUT2D eigenvalue weighted by Gasteiger charge is 2.04. The summed E-state index contributed by atoms with van der Waals surface area (Å²) >= 11 is 0. The first-order valence-corrected chi connectivity index (χ1v) is 5.36. The normalized spacial score (nSPS) is 10.8. The van der Waals surface area contributed by atoms with Crippen molar-refractivity contribution in [2.75, 3.05) is 34.3 Å². The lowest BCUT2D eigenvalue weighted by Crippen LogP contribution is -2.26. The molecule has 0 saturated carbocycles. The van der Waals surface area contributed by atoms with Crippen LogP contribution in [-0.2, 0) is 6.54 Å². The topological polar surface area (TPSA) is 44.7 Å². The van der Waals surface area contributed by atoms with Gasteiger partial charge in [-0.25, -0.2) is 0 Å². The van der Waals surface area contributed by atoms with Crippen molar-refractivity contribution in [3.8, 4) is 11.5 Å². The van der Waals surface area contributed by atoms with E-state index in [0.29, 0.717) is 5.75 Å². The van der Waals surface area contributed by atoms with Crippen LogP contribution in [0.25, 0.3) is 0 Å². The molecule has 0 radical (unpaired) electrons. The van der Waals surface area contributed by atoms with Crippen LogP contribution in [0.15, 0.2) is 18.2 Å². The Kier molecular flexibility index (Phi) is 5.08. The van der Waals surface area contributed by atoms with Gasteiger partial charge in [0.15, 0.2) is 11.5 Å². The molecule has 0 amide bonds. The van der Waals surface area contributed by atoms with Crippen LogP contribution in [0.3, 0.4) is 0 Å². The third kappa shape index (κ3) is 3.72. The van der Waals surface area contributed by atoms with E-state index in [1.54, 1.807) is 19.2 Å². The van der Waals surface area contributed by atoms with Crippen LogP contribution in [0.4, 0.5) is 0 Å². The van der Waals surface area contributed by atoms with Crippen LogP contribution in [-0.4, -0.2) is 44.3 Å². The number of hydrogen-bond acceptors (Lipinski definition) is 4. The molecule has 0 fully saturated rings. The second-order valence-corrected chi connectivity index (χ2v) is 3.85. The number of nitrogens with zero attached hydrogens (tertiary/aromatic N) is 1. The second kappa shape index (κ2) is 6.35. The fourth-order valence-corrected chi connectivity index (χ4v) is 1.53. The van der Waals surface area contributed by atoms with E-state index in [9.17, 15) is 5.11 Å². The van der Waals surface area contributed by atoms with Gasteiger partial charge in [0.1, 0.15) is 0 Å². The molecule has 4 nitrogen and oxygen atoms in total. The highest BCUT2D eigenvalue weighted by molar-refractivity contribution is 5.41. The summed E-state index contributed by atoms with van der Waals surface area (Å²) in [6, 6.07) is 5.50. The molecule has 0 unspecified atom stereocenters. The summed E-state index contributed by atoms with van der Waals surface area (Å²) in [5.41, 5.74) is 1.08. The molecular formula is C12H20N2O2. The van der Waals surface area contributed by atoms with E-state index >= 15 is 0 Å². The first-order valence-electron chi connectivity index (χ1n) is 5.36. The summed E-state index contributed by atoms with van der Waals surface area (Å²) in [4.78, 5) is 2.19. The molecule has 1 rings (SSSR count). The quantitative estimate of drug-likeness (QED) is 0.758. The first kappa shape index (κ1) is 12.8. The maximum absolute atomic E-state index is 9.62. The van der Waals surface area contributed by atoms with Crippen LogP contribution in [0.5, 0.6) is 11.5 Å². The number of nitrogens with one attached hydrogen (secondary N) is 1. The maximum Gasteiger partial charge on any atom is 0.160 e. The molecule has 1 aromatic rings. The minimum atomic E-state index is 0.196. The van der Waals surface area contributed by atoms with E-state index in [-0.39, 0.29) is 5.75 Å². The zero-order valence-corrected chi connectivity index (χ0v) is 10.2. The average molecular weight is 224 g/mol. The van der Waals surface area contributed by atoms with Crippen LogP contribution < -0.4 is 10.1 Å². The van der Waals surface area contributed by atoms with Crippen molar-refractivity contribution in [3.63, 3.8) is 0 Å². The standard InChI is InChI=1S/C12H20N2O2/c1-13-6-7-14(2)9-10-4-5-12(16-3)11(15)8-10/h4-5,8,13,15H,6-7,9H2,1-3H3. The fourth-order valence-electron chi connectivity index (χ4n) is 1.53. The largest absolute Gasteiger partial charge is 0.504 e. The lowest BCUT2D eigenvalue weighted by Gasteiger charge is -2.16. The number of benzene rings is 1. The van der Waals surface area contributed by atoms with E-state index in [0.717, 1.165) is 25.2 Å². The number of ether oxygens (including phenoxy) is 1. The Morgan fingerprint density at radius 1 is 1.44 bits per heavy atom. The Balaban J connectivity index is 2.57. The van der Waals surface area contributed by atoms with Gasteiger partial charge in [-0.15, -0.1) is 0 Å². The van der Waals surface area contributed by atoms with Crippen molar-refractivity contribution < 1.29 is 9.84 Å². The minimum Gasteiger partial charge on any atom is -0.504 e. The molecule has 0 bridgehead atoms. The van der Waals surface area contributed by atoms with Gasteiger partial charge in [0, 0.05) is 19.6 Å². The number of phenols is 1. The summed E-state index contributed by atoms with van der Waals surface area (Å²) in [6.45, 7) is 2.75. The zero-order chi connectivity index (χ0) is 12.0. The maximum atomic E-state index is 9.62. The Morgan fingerprint density at radius 2 is 2.19 bits per heavy atom. The summed E-state index contributed by atoms with van der Waals surface area (Å²) < 4.78 is 5.00. The van der Waals surface area contributed by atoms with Crippen molar-refractivity contribution in [1.29, 1.82) is 0 Å². The molecule has 2 N–H and O–H groups in total. The lowest BCUT2D eigenvalue weighted by molar-refractivity contribution is 0.326. The van der Waals surface area contributed by atoms with Crippen molar-refractivity contribution in [2.24, 2.45) is 0 Å². The molecular weight excluding hydrogens is 204 g/mol. The predicted octanol–water partition coefficient (Wildman–Crippen LogP) is 1.05. The number of rotatable bonds is 6. The fraction of sp³-hybridized carbons (Fsp3) is 0.500. The molecule has 0 aromatic heterocycles. The number of phenolic OH excluding ortho intramolecular Hbond substituents is 1. The number of hydrogen-bond donors (Lipinski definition) is 2. The van der Waals surface area contributed by atoms with Gasteiger partial charge < -0.3 is 20.1 Å². The van der Waals surface area contributed by atoms with E-state index in [2.05, 4.69) is 17.3 Å². The molecule has 1 aromatic carbocycles. The van der Waals surface area contributed by atoms with Gasteiger partial charge in [-0.2, -0.15) is 0 Å². The Labute approximate surface area is 96.8 Å². The monoisotopic (exact) mass is 224 g/mol. The Morgan fingerprint density at radius 3 is 2.75 bits per heavy atom. The summed E-state index contributed by atoms with van der Waals surface area (Å²) in [7, 11) is 5.54. The minimum absolute atomic E-state index is 0.196. The van der Waals surface area contributed by atoms with E-state index in [1.807, 2.05) is 13.1 Å². The molecule has 0 atom stereocenters. The summed E-state index contributed by atoms with van der Waals surface area (Å²) in [5.74, 6) is 0.712. The van der Waals surface area contributed by atoms with Crippen molar-refractivity contribution in [1.82, 2.24) is 10.2 Å². The molecule has 0 aliphatic heterocycles. The van der Waals surface area contributed by atoms with Gasteiger partial charge in [0.25, 0.3) is 0 Å². The van der Waals surface area contributed by atoms with Gasteiger partial charge in [-0.3, -0.25) is 0 Å². The molecule has 16 heavy (non-hydrogen) atoms. The van der Waals surface area contributed by atoms with E-state index < -0.39 is 0 Å². The molecule has 0 heterocycles. The third-order valence-corrected chi connectivity index (χ3v) is 2.44. The first-order chi connectivity index (χ1) is 7.67. The molecule has 4 heteroatoms. The van der Waals surface area contributed by atoms with Crippen LogP contribution in [0, 0.1) is 0 Å². The predicted molar refractivity (Wildman–Crippen MR) is 64.9 cm³/mol. The summed E-state index contributed by atoms with van der Waals surface area (Å²) in [6.07, 6.45) is 0. The van der Waals surface area contributed by atoms with Crippen LogP contribution >= 0.6 is 0 Å². The van der Waals surface area contributed by atoms with Gasteiger partial charge in [-0.05, 0) is 31.8 Å². The van der Waals surface area contributed by atoms with Crippen LogP contribution in [0.1, 0.15) is 5.56 Å². The van der Waals surface area contributed by atoms with Gasteiger partial charge in [0.05, 0.1) is 7.11 Å². The highest BCUT2D eigenvalue weighted by atomic mass is 16.5. The second-order valence-electron chi connectivity index (χ2n) is 3.85. The molecule has 0 aliphatic carbocycles. The SMILES string of the molecule is CNCCN(C)Cc1ccc(OC)c(O)c1. The molecule has 0 saturated heterocycles. The van der Waals surface area contributed by atoms with Crippen molar-refractivity contribution >= 4 is 0 Å². The van der Waals surface area contributed by atoms with E-state index in [1.165, 1.54) is 0 Å². The lowest BCUT2D eigenvalue weighted by atomic mass is 10.2. The zero-order valence-electron chi connectivity index (χ0n) is 10.2. The molecule has 0 aliphatic rings. The van der Waals surface area contributed by atoms with Crippen LogP contribution in [0.2, 0.25) is 0 Å². The molecule has 0 spiro atoms. The smallest absolute Gasteiger partial charge is 0.160 e. The van der Waals surface area contributed by atoms with E-state index in [4.69, 9.17) is 4.74 Å². The van der Waals surface area contributed by atoms with Gasteiger partial charge >= 0.3 is 0 Å².